The molecule has 8 heteroatoms. The Morgan fingerprint density at radius 1 is 0.907 bits per heavy atom. The molecule has 4 fully saturated rings. The van der Waals surface area contributed by atoms with Gasteiger partial charge in [0.2, 0.25) is 0 Å². The summed E-state index contributed by atoms with van der Waals surface area (Å²) in [5, 5.41) is 25.8. The summed E-state index contributed by atoms with van der Waals surface area (Å²) in [6.45, 7) is 23.8. The van der Waals surface area contributed by atoms with E-state index in [0.717, 1.165) is 62.5 Å². The second-order valence-corrected chi connectivity index (χ2v) is 21.4. The number of carbonyl (C=O) groups excluding carboxylic acids is 2. The van der Waals surface area contributed by atoms with Gasteiger partial charge in [0.15, 0.2) is 5.78 Å². The number of rotatable bonds is 11. The van der Waals surface area contributed by atoms with Crippen molar-refractivity contribution in [3.8, 4) is 0 Å². The molecule has 7 nitrogen and oxygen atoms in total. The number of carboxylic acid groups (broad SMARTS) is 1. The summed E-state index contributed by atoms with van der Waals surface area (Å²) in [5.74, 6) is -0.145. The number of hydrogen-bond acceptors (Lipinski definition) is 6. The van der Waals surface area contributed by atoms with E-state index < -0.39 is 22.9 Å². The zero-order chi connectivity index (χ0) is 39.9. The molecule has 3 N–H and O–H groups in total. The van der Waals surface area contributed by atoms with E-state index in [0.29, 0.717) is 30.5 Å². The van der Waals surface area contributed by atoms with Gasteiger partial charge in [0.25, 0.3) is 0 Å². The molecule has 0 aromatic heterocycles. The molecule has 0 aliphatic heterocycles. The molecule has 0 bridgehead atoms. The Hall–Kier alpha value is -2.22. The minimum atomic E-state index is -0.902. The van der Waals surface area contributed by atoms with Gasteiger partial charge in [-0.3, -0.25) is 14.4 Å². The van der Waals surface area contributed by atoms with Gasteiger partial charge in [-0.05, 0) is 119 Å². The molecular weight excluding hydrogens is 698 g/mol. The van der Waals surface area contributed by atoms with Gasteiger partial charge >= 0.3 is 11.9 Å². The van der Waals surface area contributed by atoms with Crippen LogP contribution in [0.15, 0.2) is 35.4 Å². The number of ether oxygens (including phenoxy) is 1. The molecule has 0 radical (unpaired) electrons. The SMILES string of the molecule is CC(C)C1=C2C3CCC4C(C)(CCC5(C)C(C)(C)C(OC(=O)CC(C)(C)CC(=O)O)CCC45C)C3(C)CCC2(C(O)CNCc2ccc(Cl)cc2)CC1=O. The fourth-order valence-corrected chi connectivity index (χ4v) is 13.8. The number of halogens is 1. The zero-order valence-electron chi connectivity index (χ0n) is 34.8. The van der Waals surface area contributed by atoms with Crippen molar-refractivity contribution in [1.82, 2.24) is 5.32 Å². The number of esters is 1. The van der Waals surface area contributed by atoms with Crippen LogP contribution in [-0.4, -0.2) is 46.7 Å². The normalized spacial score (nSPS) is 37.9. The summed E-state index contributed by atoms with van der Waals surface area (Å²) >= 11 is 6.11. The number of carbonyl (C=O) groups is 3. The van der Waals surface area contributed by atoms with Crippen LogP contribution in [-0.2, 0) is 25.7 Å². The summed E-state index contributed by atoms with van der Waals surface area (Å²) in [4.78, 5) is 38.9. The average Bonchev–Trinajstić information content (AvgIpc) is 3.38. The summed E-state index contributed by atoms with van der Waals surface area (Å²) in [6.07, 6.45) is 7.32. The lowest BCUT2D eigenvalue weighted by atomic mass is 9.29. The van der Waals surface area contributed by atoms with Gasteiger partial charge in [-0.15, -0.1) is 0 Å². The largest absolute Gasteiger partial charge is 0.481 e. The first kappa shape index (κ1) is 41.4. The molecule has 9 atom stereocenters. The standard InChI is InChI=1S/C46H68ClNO6/c1-28(2)38-32(49)23-46(34(50)27-48-26-29-11-13-30(47)14-12-29)22-20-42(7)31(39(38)46)15-16-33-43(42,8)19-21-45(10)41(5,6)35(17-18-44(33,45)9)54-37(53)25-40(3,4)24-36(51)52/h11-14,28,31,33-35,48,50H,15-27H2,1-10H3,(H,51,52). The van der Waals surface area contributed by atoms with Crippen molar-refractivity contribution in [3.63, 3.8) is 0 Å². The van der Waals surface area contributed by atoms with Crippen LogP contribution in [0.1, 0.15) is 145 Å². The molecule has 0 saturated heterocycles. The fraction of sp³-hybridized carbons (Fsp3) is 0.761. The van der Waals surface area contributed by atoms with E-state index in [2.05, 4.69) is 60.7 Å². The zero-order valence-corrected chi connectivity index (χ0v) is 35.5. The minimum absolute atomic E-state index is 0.0172. The lowest BCUT2D eigenvalue weighted by Crippen LogP contribution is -2.69. The Morgan fingerprint density at radius 2 is 1.56 bits per heavy atom. The van der Waals surface area contributed by atoms with Crippen LogP contribution in [0.2, 0.25) is 5.02 Å². The number of aliphatic hydroxyl groups is 1. The molecule has 300 valence electrons. The fourth-order valence-electron chi connectivity index (χ4n) is 13.7. The van der Waals surface area contributed by atoms with E-state index in [1.54, 1.807) is 0 Å². The first-order chi connectivity index (χ1) is 25.0. The molecule has 5 aliphatic rings. The van der Waals surface area contributed by atoms with Crippen LogP contribution in [0.3, 0.4) is 0 Å². The summed E-state index contributed by atoms with van der Waals surface area (Å²) in [7, 11) is 0. The number of aliphatic hydroxyl groups excluding tert-OH is 1. The van der Waals surface area contributed by atoms with Crippen molar-refractivity contribution in [2.75, 3.05) is 6.54 Å². The molecule has 0 heterocycles. The second-order valence-electron chi connectivity index (χ2n) is 20.9. The predicted molar refractivity (Wildman–Crippen MR) is 214 cm³/mol. The quantitative estimate of drug-likeness (QED) is 0.192. The third kappa shape index (κ3) is 6.33. The Balaban J connectivity index is 1.27. The molecule has 0 spiro atoms. The maximum Gasteiger partial charge on any atom is 0.306 e. The van der Waals surface area contributed by atoms with Crippen molar-refractivity contribution in [3.05, 3.63) is 46.0 Å². The van der Waals surface area contributed by atoms with Crippen molar-refractivity contribution in [1.29, 1.82) is 0 Å². The Kier molecular flexibility index (Phi) is 10.7. The first-order valence-corrected chi connectivity index (χ1v) is 21.2. The molecule has 0 amide bonds. The van der Waals surface area contributed by atoms with Crippen LogP contribution >= 0.6 is 11.6 Å². The highest BCUT2D eigenvalue weighted by Crippen LogP contribution is 2.79. The molecule has 1 aromatic rings. The first-order valence-electron chi connectivity index (χ1n) is 20.8. The Labute approximate surface area is 329 Å². The van der Waals surface area contributed by atoms with Crippen molar-refractivity contribution in [2.24, 2.45) is 55.7 Å². The lowest BCUT2D eigenvalue weighted by molar-refractivity contribution is -0.272. The minimum Gasteiger partial charge on any atom is -0.481 e. The highest BCUT2D eigenvalue weighted by atomic mass is 35.5. The summed E-state index contributed by atoms with van der Waals surface area (Å²) < 4.78 is 6.33. The number of aliphatic carboxylic acids is 1. The number of benzene rings is 1. The molecular formula is C46H68ClNO6. The Morgan fingerprint density at radius 3 is 2.19 bits per heavy atom. The van der Waals surface area contributed by atoms with Crippen LogP contribution in [0, 0.1) is 55.7 Å². The monoisotopic (exact) mass is 765 g/mol. The van der Waals surface area contributed by atoms with E-state index in [9.17, 15) is 24.6 Å². The van der Waals surface area contributed by atoms with E-state index in [-0.39, 0.29) is 69.6 Å². The second kappa shape index (κ2) is 14.0. The number of hydrogen-bond donors (Lipinski definition) is 3. The molecule has 9 unspecified atom stereocenters. The van der Waals surface area contributed by atoms with Gasteiger partial charge in [0.1, 0.15) is 6.10 Å². The van der Waals surface area contributed by atoms with E-state index in [1.165, 1.54) is 5.57 Å². The average molecular weight is 767 g/mol. The predicted octanol–water partition coefficient (Wildman–Crippen LogP) is 9.96. The number of carboxylic acids is 1. The van der Waals surface area contributed by atoms with E-state index in [4.69, 9.17) is 16.3 Å². The van der Waals surface area contributed by atoms with Crippen molar-refractivity contribution < 1.29 is 29.3 Å². The van der Waals surface area contributed by atoms with Gasteiger partial charge in [0.05, 0.1) is 18.9 Å². The van der Waals surface area contributed by atoms with Crippen LogP contribution in [0.25, 0.3) is 0 Å². The summed E-state index contributed by atoms with van der Waals surface area (Å²) in [6, 6.07) is 7.80. The van der Waals surface area contributed by atoms with Gasteiger partial charge in [-0.25, -0.2) is 0 Å². The van der Waals surface area contributed by atoms with Gasteiger partial charge in [0, 0.05) is 35.4 Å². The molecule has 4 saturated carbocycles. The highest BCUT2D eigenvalue weighted by molar-refractivity contribution is 6.30. The number of nitrogens with one attached hydrogen (secondary N) is 1. The third-order valence-corrected chi connectivity index (χ3v) is 17.5. The van der Waals surface area contributed by atoms with Gasteiger partial charge < -0.3 is 20.3 Å². The molecule has 5 aliphatic carbocycles. The third-order valence-electron chi connectivity index (χ3n) is 17.3. The van der Waals surface area contributed by atoms with Crippen LogP contribution < -0.4 is 5.32 Å². The van der Waals surface area contributed by atoms with Gasteiger partial charge in [-0.2, -0.15) is 0 Å². The molecule has 6 rings (SSSR count). The highest BCUT2D eigenvalue weighted by Gasteiger charge is 2.73. The maximum atomic E-state index is 14.1. The topological polar surface area (TPSA) is 113 Å². The summed E-state index contributed by atoms with van der Waals surface area (Å²) in [5.41, 5.74) is 1.86. The van der Waals surface area contributed by atoms with Crippen molar-refractivity contribution in [2.45, 2.75) is 159 Å². The molecule has 54 heavy (non-hydrogen) atoms. The smallest absolute Gasteiger partial charge is 0.306 e. The lowest BCUT2D eigenvalue weighted by Gasteiger charge is -2.75. The van der Waals surface area contributed by atoms with Crippen LogP contribution in [0.5, 0.6) is 0 Å². The number of ketones is 1. The number of Topliss-reactive ketones (excluding diaryl/α,β-unsaturated/α-hetero) is 1. The van der Waals surface area contributed by atoms with E-state index in [1.807, 2.05) is 38.1 Å². The van der Waals surface area contributed by atoms with Crippen LogP contribution in [0.4, 0.5) is 0 Å². The number of allylic oxidation sites excluding steroid dienone is 1. The maximum absolute atomic E-state index is 14.1. The Bertz CT molecular complexity index is 1680. The van der Waals surface area contributed by atoms with Gasteiger partial charge in [-0.1, -0.05) is 98.5 Å². The molecule has 1 aromatic carbocycles. The number of fused-ring (bicyclic) bond motifs is 7. The van der Waals surface area contributed by atoms with Crippen molar-refractivity contribution >= 4 is 29.3 Å². The van der Waals surface area contributed by atoms with E-state index >= 15 is 0 Å².